The molecule has 0 fully saturated rings. The normalized spacial score (nSPS) is 11.3. The summed E-state index contributed by atoms with van der Waals surface area (Å²) < 4.78 is 71.9. The molecule has 0 aliphatic carbocycles. The Kier molecular flexibility index (Phi) is 47.1. The molecule has 0 spiro atoms. The van der Waals surface area contributed by atoms with Crippen LogP contribution in [0, 0.1) is 5.92 Å². The Morgan fingerprint density at radius 2 is 0.248 bits per heavy atom. The number of methoxy groups -OCH3 is 6. The summed E-state index contributed by atoms with van der Waals surface area (Å²) in [6, 6.07) is 100. The van der Waals surface area contributed by atoms with E-state index in [4.69, 9.17) is 56.8 Å². The van der Waals surface area contributed by atoms with E-state index in [-0.39, 0.29) is 0 Å². The smallest absolute Gasteiger partial charge is 0.135 e. The Balaban J connectivity index is 0.000000149. The van der Waals surface area contributed by atoms with Crippen LogP contribution in [0.3, 0.4) is 0 Å². The Hall–Kier alpha value is -13.3. The summed E-state index contributed by atoms with van der Waals surface area (Å²) >= 11 is 0. The molecular formula is C137H166O12. The van der Waals surface area contributed by atoms with Gasteiger partial charge in [-0.25, -0.2) is 0 Å². The summed E-state index contributed by atoms with van der Waals surface area (Å²) in [5.41, 5.74) is 0. The molecule has 0 amide bonds. The summed E-state index contributed by atoms with van der Waals surface area (Å²) in [6.45, 7) is 20.3. The average molecular weight is 2000 g/mol. The largest absolute Gasteiger partial charge is 0.495 e. The minimum absolute atomic E-state index is 0.700. The van der Waals surface area contributed by atoms with Crippen molar-refractivity contribution in [2.24, 2.45) is 5.92 Å². The Morgan fingerprint density at radius 3 is 0.383 bits per heavy atom. The van der Waals surface area contributed by atoms with Crippen LogP contribution in [0.15, 0.2) is 291 Å². The van der Waals surface area contributed by atoms with E-state index >= 15 is 0 Å². The van der Waals surface area contributed by atoms with E-state index < -0.39 is 0 Å². The van der Waals surface area contributed by atoms with Crippen molar-refractivity contribution in [2.75, 3.05) is 82.3 Å². The quantitative estimate of drug-likeness (QED) is 0.0267. The van der Waals surface area contributed by atoms with Gasteiger partial charge in [0.1, 0.15) is 69.0 Å². The van der Waals surface area contributed by atoms with Crippen LogP contribution in [-0.2, 0) is 0 Å². The Labute approximate surface area is 889 Å². The summed E-state index contributed by atoms with van der Waals surface area (Å²) in [7, 11) is 10.4. The van der Waals surface area contributed by atoms with Crippen LogP contribution in [0.1, 0.15) is 260 Å². The van der Waals surface area contributed by atoms with Crippen molar-refractivity contribution in [3.8, 4) is 69.0 Å². The van der Waals surface area contributed by atoms with Crippen molar-refractivity contribution in [3.05, 3.63) is 291 Å². The highest BCUT2D eigenvalue weighted by Gasteiger charge is 2.23. The van der Waals surface area contributed by atoms with Gasteiger partial charge in [-0.05, 0) is 44.4 Å². The van der Waals surface area contributed by atoms with Gasteiger partial charge >= 0.3 is 0 Å². The summed E-state index contributed by atoms with van der Waals surface area (Å²) in [4.78, 5) is 0. The molecule has 0 radical (unpaired) electrons. The summed E-state index contributed by atoms with van der Waals surface area (Å²) in [5, 5.41) is 26.8. The van der Waals surface area contributed by atoms with Gasteiger partial charge in [0.25, 0.3) is 0 Å². The van der Waals surface area contributed by atoms with Crippen molar-refractivity contribution in [2.45, 2.75) is 260 Å². The van der Waals surface area contributed by atoms with Gasteiger partial charge in [0, 0.05) is 129 Å². The minimum atomic E-state index is 0.700. The van der Waals surface area contributed by atoms with Crippen LogP contribution in [0.2, 0.25) is 0 Å². The topological polar surface area (TPSA) is 111 Å². The number of ether oxygens (including phenoxy) is 12. The zero-order valence-electron chi connectivity index (χ0n) is 91.8. The molecular weight excluding hydrogens is 1840 g/mol. The van der Waals surface area contributed by atoms with Gasteiger partial charge in [0.2, 0.25) is 0 Å². The lowest BCUT2D eigenvalue weighted by Gasteiger charge is -2.17. The number of fused-ring (bicyclic) bond motifs is 12. The molecule has 0 heterocycles. The van der Waals surface area contributed by atoms with E-state index in [2.05, 4.69) is 303 Å². The number of hydrogen-bond acceptors (Lipinski definition) is 12. The van der Waals surface area contributed by atoms with Gasteiger partial charge in [-0.2, -0.15) is 0 Å². The maximum Gasteiger partial charge on any atom is 0.135 e. The monoisotopic (exact) mass is 2000 g/mol. The van der Waals surface area contributed by atoms with Crippen molar-refractivity contribution in [3.63, 3.8) is 0 Å². The molecule has 18 rings (SSSR count). The van der Waals surface area contributed by atoms with Crippen molar-refractivity contribution in [1.29, 1.82) is 0 Å². The van der Waals surface area contributed by atoms with Gasteiger partial charge in [0.05, 0.1) is 82.3 Å². The molecule has 0 aromatic heterocycles. The van der Waals surface area contributed by atoms with E-state index in [1.54, 1.807) is 42.7 Å². The summed E-state index contributed by atoms with van der Waals surface area (Å²) in [5.74, 6) is 12.2. The van der Waals surface area contributed by atoms with Gasteiger partial charge in [-0.1, -0.05) is 513 Å². The molecule has 0 saturated carbocycles. The van der Waals surface area contributed by atoms with E-state index in [9.17, 15) is 0 Å². The molecule has 1 unspecified atom stereocenters. The fourth-order valence-corrected chi connectivity index (χ4v) is 20.8. The first kappa shape index (κ1) is 113. The fourth-order valence-electron chi connectivity index (χ4n) is 20.8. The standard InChI is InChI=1S/C26H34O2.C25H32O2.C24H30O2.C22H26O2.2C20H22O2/c1-3-4-5-6-7-8-9-10-15-20-28-26-23-18-13-11-16-21(23)25(27-2)22-17-12-14-19-24(22)26;1-3-4-5-6-7-8-9-14-19-27-25-22-17-12-10-15-20(22)24(26-2)21-16-11-13-18-23(21)25;1-3-4-5-6-7-8-13-18-26-24-21-16-11-9-14-19(21)23(25-2)20-15-10-12-17-22(20)24;1-4-9-16(2)14-15-24-22-19-12-7-5-10-17(19)21(23-3)18-11-6-8-13-20(18)22;2*1-3-4-9-14-22-20-17-12-7-5-10-15(17)19(21-2)16-11-6-8-13-18(16)20/h11-14,16-19H,3-10,15,20H2,1-2H3;10-13,15-18H,3-9,14,19H2,1-2H3;9-12,14-17H,3-8,13,18H2,1-2H3;5-8,10-13,16H,4,9,14-15H2,1-3H3;2*5-8,10-13H,3-4,9,14H2,1-2H3. The lowest BCUT2D eigenvalue weighted by Crippen LogP contribution is -2.05. The van der Waals surface area contributed by atoms with Crippen LogP contribution in [0.25, 0.3) is 129 Å². The minimum Gasteiger partial charge on any atom is -0.495 e. The van der Waals surface area contributed by atoms with Crippen molar-refractivity contribution in [1.82, 2.24) is 0 Å². The predicted molar refractivity (Wildman–Crippen MR) is 637 cm³/mol. The zero-order valence-corrected chi connectivity index (χ0v) is 91.8. The van der Waals surface area contributed by atoms with E-state index in [0.29, 0.717) is 5.92 Å². The van der Waals surface area contributed by atoms with Crippen LogP contribution in [-0.4, -0.2) is 82.3 Å². The van der Waals surface area contributed by atoms with Gasteiger partial charge in [-0.15, -0.1) is 0 Å². The second-order valence-corrected chi connectivity index (χ2v) is 39.3. The van der Waals surface area contributed by atoms with E-state index in [1.165, 1.54) is 173 Å². The van der Waals surface area contributed by atoms with Crippen LogP contribution in [0.5, 0.6) is 69.0 Å². The zero-order chi connectivity index (χ0) is 104. The molecule has 786 valence electrons. The van der Waals surface area contributed by atoms with Gasteiger partial charge < -0.3 is 56.8 Å². The van der Waals surface area contributed by atoms with Crippen molar-refractivity contribution < 1.29 is 56.8 Å². The molecule has 12 heteroatoms. The lowest BCUT2D eigenvalue weighted by molar-refractivity contribution is 0.284. The van der Waals surface area contributed by atoms with Gasteiger partial charge in [-0.3, -0.25) is 0 Å². The first-order chi connectivity index (χ1) is 73.6. The maximum absolute atomic E-state index is 6.34. The van der Waals surface area contributed by atoms with Crippen molar-refractivity contribution >= 4 is 129 Å². The number of unbranched alkanes of at least 4 members (excludes halogenated alkanes) is 25. The fraction of sp³-hybridized carbons (Fsp3) is 0.387. The number of hydrogen-bond donors (Lipinski definition) is 0. The summed E-state index contributed by atoms with van der Waals surface area (Å²) in [6.07, 6.45) is 42.0. The molecule has 149 heavy (non-hydrogen) atoms. The van der Waals surface area contributed by atoms with Crippen LogP contribution in [0.4, 0.5) is 0 Å². The average Bonchev–Trinajstić information content (AvgIpc) is 0.783. The molecule has 18 aromatic rings. The van der Waals surface area contributed by atoms with E-state index in [1.807, 2.05) is 36.4 Å². The first-order valence-electron chi connectivity index (χ1n) is 56.2. The van der Waals surface area contributed by atoms with E-state index in [0.717, 1.165) is 276 Å². The molecule has 12 nitrogen and oxygen atoms in total. The molecule has 0 aliphatic rings. The first-order valence-corrected chi connectivity index (χ1v) is 56.2. The third-order valence-electron chi connectivity index (χ3n) is 28.6. The second kappa shape index (κ2) is 62.2. The molecule has 0 bridgehead atoms. The second-order valence-electron chi connectivity index (χ2n) is 39.3. The highest BCUT2D eigenvalue weighted by molar-refractivity contribution is 6.16. The third kappa shape index (κ3) is 30.1. The molecule has 1 atom stereocenters. The molecule has 0 saturated heterocycles. The maximum atomic E-state index is 6.34. The molecule has 0 N–H and O–H groups in total. The highest BCUT2D eigenvalue weighted by atomic mass is 16.5. The SMILES string of the molecule is CCCC(C)CCOc1c2ccccc2c(OC)c2ccccc12.CCCCCCCCCCCOc1c2ccccc2c(OC)c2ccccc12.CCCCCCCCCCOc1c2ccccc2c(OC)c2ccccc12.CCCCCCCCCOc1c2ccccc2c(OC)c2ccccc12.CCCCCOc1c2ccccc2c(OC)c2ccccc12.CCCCCOc1c2ccccc2c(OC)c2ccccc12. The highest BCUT2D eigenvalue weighted by Crippen LogP contribution is 2.50. The Bertz CT molecular complexity index is 6650. The molecule has 0 aliphatic heterocycles. The van der Waals surface area contributed by atoms with Crippen LogP contribution >= 0.6 is 0 Å². The number of benzene rings is 18. The lowest BCUT2D eigenvalue weighted by atomic mass is 10.0. The third-order valence-corrected chi connectivity index (χ3v) is 28.6. The molecule has 18 aromatic carbocycles. The number of rotatable bonds is 52. The van der Waals surface area contributed by atoms with Crippen LogP contribution < -0.4 is 56.8 Å². The van der Waals surface area contributed by atoms with Gasteiger partial charge in [0.15, 0.2) is 0 Å². The Morgan fingerprint density at radius 1 is 0.134 bits per heavy atom. The predicted octanol–water partition coefficient (Wildman–Crippen LogP) is 39.9.